The van der Waals surface area contributed by atoms with Crippen LogP contribution in [0.2, 0.25) is 0 Å². The van der Waals surface area contributed by atoms with Crippen molar-refractivity contribution in [2.24, 2.45) is 0 Å². The van der Waals surface area contributed by atoms with Gasteiger partial charge >= 0.3 is 0 Å². The fourth-order valence-corrected chi connectivity index (χ4v) is 2.21. The molecule has 0 aromatic heterocycles. The van der Waals surface area contributed by atoms with E-state index in [-0.39, 0.29) is 0 Å². The van der Waals surface area contributed by atoms with Gasteiger partial charge in [0.25, 0.3) is 0 Å². The minimum absolute atomic E-state index is 0.411. The van der Waals surface area contributed by atoms with E-state index in [0.717, 1.165) is 18.6 Å². The van der Waals surface area contributed by atoms with Gasteiger partial charge in [-0.2, -0.15) is 0 Å². The summed E-state index contributed by atoms with van der Waals surface area (Å²) in [5.41, 5.74) is 1.42. The van der Waals surface area contributed by atoms with E-state index >= 15 is 0 Å². The van der Waals surface area contributed by atoms with E-state index in [9.17, 15) is 0 Å². The molecule has 0 amide bonds. The Labute approximate surface area is 104 Å². The largest absolute Gasteiger partial charge is 0.490 e. The zero-order valence-corrected chi connectivity index (χ0v) is 10.9. The second-order valence-corrected chi connectivity index (χ2v) is 4.94. The van der Waals surface area contributed by atoms with Gasteiger partial charge in [-0.25, -0.2) is 0 Å². The smallest absolute Gasteiger partial charge is 0.119 e. The van der Waals surface area contributed by atoms with E-state index in [4.69, 9.17) is 4.74 Å². The molecule has 0 spiro atoms. The molecule has 0 aliphatic heterocycles. The fraction of sp³-hybridized carbons (Fsp3) is 0.600. The summed E-state index contributed by atoms with van der Waals surface area (Å²) in [6.45, 7) is 2.23. The second kappa shape index (κ2) is 6.06. The maximum Gasteiger partial charge on any atom is 0.119 e. The number of hydrogen-bond donors (Lipinski definition) is 1. The van der Waals surface area contributed by atoms with Crippen LogP contribution < -0.4 is 10.1 Å². The van der Waals surface area contributed by atoms with Crippen molar-refractivity contribution < 1.29 is 4.74 Å². The monoisotopic (exact) mass is 233 g/mol. The van der Waals surface area contributed by atoms with Gasteiger partial charge in [0.15, 0.2) is 0 Å². The molecule has 0 unspecified atom stereocenters. The SMILES string of the molecule is CCCCc1ccc(OC2CC(NC)C2)cc1. The molecule has 2 nitrogen and oxygen atoms in total. The average molecular weight is 233 g/mol. The molecule has 0 atom stereocenters. The molecule has 1 N–H and O–H groups in total. The van der Waals surface area contributed by atoms with Gasteiger partial charge in [-0.1, -0.05) is 25.5 Å². The number of ether oxygens (including phenoxy) is 1. The van der Waals surface area contributed by atoms with Gasteiger partial charge in [-0.3, -0.25) is 0 Å². The lowest BCUT2D eigenvalue weighted by molar-refractivity contribution is 0.0885. The normalized spacial score (nSPS) is 23.2. The van der Waals surface area contributed by atoms with E-state index in [0.29, 0.717) is 12.1 Å². The van der Waals surface area contributed by atoms with Crippen molar-refractivity contribution in [1.82, 2.24) is 5.32 Å². The number of nitrogens with one attached hydrogen (secondary N) is 1. The second-order valence-electron chi connectivity index (χ2n) is 4.94. The number of benzene rings is 1. The molecule has 1 aromatic carbocycles. The van der Waals surface area contributed by atoms with Gasteiger partial charge < -0.3 is 10.1 Å². The topological polar surface area (TPSA) is 21.3 Å². The van der Waals surface area contributed by atoms with Gasteiger partial charge in [-0.05, 0) is 50.4 Å². The average Bonchev–Trinajstić information content (AvgIpc) is 2.32. The van der Waals surface area contributed by atoms with Gasteiger partial charge in [0.1, 0.15) is 11.9 Å². The quantitative estimate of drug-likeness (QED) is 0.815. The zero-order chi connectivity index (χ0) is 12.1. The standard InChI is InChI=1S/C15H23NO/c1-3-4-5-12-6-8-14(9-7-12)17-15-10-13(11-15)16-2/h6-9,13,15-16H,3-5,10-11H2,1-2H3. The molecule has 0 bridgehead atoms. The molecule has 1 aromatic rings. The third kappa shape index (κ3) is 3.47. The molecule has 1 aliphatic carbocycles. The van der Waals surface area contributed by atoms with Crippen LogP contribution in [0.25, 0.3) is 0 Å². The lowest BCUT2D eigenvalue weighted by Crippen LogP contribution is -2.45. The maximum atomic E-state index is 5.90. The first kappa shape index (κ1) is 12.4. The first-order valence-electron chi connectivity index (χ1n) is 6.74. The Morgan fingerprint density at radius 2 is 1.94 bits per heavy atom. The van der Waals surface area contributed by atoms with Crippen LogP contribution in [0.1, 0.15) is 38.2 Å². The van der Waals surface area contributed by atoms with Crippen LogP contribution in [0, 0.1) is 0 Å². The van der Waals surface area contributed by atoms with E-state index in [1.165, 1.54) is 24.8 Å². The van der Waals surface area contributed by atoms with Crippen molar-refractivity contribution in [1.29, 1.82) is 0 Å². The molecular formula is C15H23NO. The number of rotatable bonds is 6. The van der Waals surface area contributed by atoms with Gasteiger partial charge in [0.05, 0.1) is 0 Å². The summed E-state index contributed by atoms with van der Waals surface area (Å²) in [6, 6.07) is 9.26. The summed E-state index contributed by atoms with van der Waals surface area (Å²) in [5.74, 6) is 1.02. The highest BCUT2D eigenvalue weighted by Gasteiger charge is 2.29. The molecule has 1 aliphatic rings. The Balaban J connectivity index is 1.78. The van der Waals surface area contributed by atoms with E-state index in [1.54, 1.807) is 0 Å². The van der Waals surface area contributed by atoms with Crippen LogP contribution in [0.4, 0.5) is 0 Å². The highest BCUT2D eigenvalue weighted by atomic mass is 16.5. The van der Waals surface area contributed by atoms with Crippen LogP contribution in [0.3, 0.4) is 0 Å². The summed E-state index contributed by atoms with van der Waals surface area (Å²) in [5, 5.41) is 3.27. The van der Waals surface area contributed by atoms with Crippen molar-refractivity contribution in [2.45, 2.75) is 51.2 Å². The minimum atomic E-state index is 0.411. The first-order valence-corrected chi connectivity index (χ1v) is 6.74. The lowest BCUT2D eigenvalue weighted by Gasteiger charge is -2.35. The minimum Gasteiger partial charge on any atom is -0.490 e. The zero-order valence-electron chi connectivity index (χ0n) is 10.9. The Bertz CT molecular complexity index is 327. The highest BCUT2D eigenvalue weighted by Crippen LogP contribution is 2.25. The van der Waals surface area contributed by atoms with Gasteiger partial charge in [0, 0.05) is 6.04 Å². The van der Waals surface area contributed by atoms with Crippen molar-refractivity contribution in [2.75, 3.05) is 7.05 Å². The lowest BCUT2D eigenvalue weighted by atomic mass is 9.89. The van der Waals surface area contributed by atoms with Gasteiger partial charge in [0.2, 0.25) is 0 Å². The van der Waals surface area contributed by atoms with Crippen molar-refractivity contribution >= 4 is 0 Å². The maximum absolute atomic E-state index is 5.90. The Kier molecular flexibility index (Phi) is 4.43. The predicted molar refractivity (Wildman–Crippen MR) is 71.6 cm³/mol. The molecule has 0 saturated heterocycles. The van der Waals surface area contributed by atoms with Crippen LogP contribution in [-0.2, 0) is 6.42 Å². The summed E-state index contributed by atoms with van der Waals surface area (Å²) in [6.07, 6.45) is 6.39. The summed E-state index contributed by atoms with van der Waals surface area (Å²) >= 11 is 0. The number of aryl methyl sites for hydroxylation is 1. The fourth-order valence-electron chi connectivity index (χ4n) is 2.21. The number of hydrogen-bond acceptors (Lipinski definition) is 2. The Hall–Kier alpha value is -1.02. The molecule has 2 heteroatoms. The Morgan fingerprint density at radius 1 is 1.24 bits per heavy atom. The third-order valence-electron chi connectivity index (χ3n) is 3.55. The third-order valence-corrected chi connectivity index (χ3v) is 3.55. The summed E-state index contributed by atoms with van der Waals surface area (Å²) in [7, 11) is 2.02. The van der Waals surface area contributed by atoms with E-state index < -0.39 is 0 Å². The van der Waals surface area contributed by atoms with Crippen molar-refractivity contribution in [3.63, 3.8) is 0 Å². The molecule has 94 valence electrons. The van der Waals surface area contributed by atoms with Crippen LogP contribution in [-0.4, -0.2) is 19.2 Å². The molecule has 17 heavy (non-hydrogen) atoms. The molecule has 1 saturated carbocycles. The van der Waals surface area contributed by atoms with Gasteiger partial charge in [-0.15, -0.1) is 0 Å². The van der Waals surface area contributed by atoms with Crippen molar-refractivity contribution in [3.05, 3.63) is 29.8 Å². The highest BCUT2D eigenvalue weighted by molar-refractivity contribution is 5.27. The van der Waals surface area contributed by atoms with Crippen LogP contribution >= 0.6 is 0 Å². The number of unbranched alkanes of at least 4 members (excludes halogenated alkanes) is 1. The molecule has 1 fully saturated rings. The first-order chi connectivity index (χ1) is 8.31. The summed E-state index contributed by atoms with van der Waals surface area (Å²) < 4.78 is 5.90. The van der Waals surface area contributed by atoms with Crippen molar-refractivity contribution in [3.8, 4) is 5.75 Å². The molecule has 0 heterocycles. The Morgan fingerprint density at radius 3 is 2.53 bits per heavy atom. The summed E-state index contributed by atoms with van der Waals surface area (Å²) in [4.78, 5) is 0. The predicted octanol–water partition coefficient (Wildman–Crippen LogP) is 3.16. The van der Waals surface area contributed by atoms with Crippen LogP contribution in [0.5, 0.6) is 5.75 Å². The molecule has 0 radical (unpaired) electrons. The van der Waals surface area contributed by atoms with E-state index in [2.05, 4.69) is 36.5 Å². The van der Waals surface area contributed by atoms with E-state index in [1.807, 2.05) is 7.05 Å². The molecular weight excluding hydrogens is 210 g/mol. The van der Waals surface area contributed by atoms with Crippen LogP contribution in [0.15, 0.2) is 24.3 Å². The molecule has 2 rings (SSSR count).